The van der Waals surface area contributed by atoms with Gasteiger partial charge in [-0.1, -0.05) is 0 Å². The van der Waals surface area contributed by atoms with E-state index in [0.717, 1.165) is 38.9 Å². The monoisotopic (exact) mass is 253 g/mol. The quantitative estimate of drug-likeness (QED) is 0.842. The highest BCUT2D eigenvalue weighted by Gasteiger charge is 2.18. The maximum atomic E-state index is 12.7. The summed E-state index contributed by atoms with van der Waals surface area (Å²) in [4.78, 5) is 6.21. The number of aliphatic hydroxyl groups excluding tert-OH is 1. The molecule has 2 rings (SSSR count). The van der Waals surface area contributed by atoms with Gasteiger partial charge < -0.3 is 15.7 Å². The van der Waals surface area contributed by atoms with Gasteiger partial charge in [0, 0.05) is 19.1 Å². The summed E-state index contributed by atoms with van der Waals surface area (Å²) in [6, 6.07) is 2.84. The number of halogens is 1. The van der Waals surface area contributed by atoms with Gasteiger partial charge in [0.1, 0.15) is 5.82 Å². The third kappa shape index (κ3) is 3.73. The van der Waals surface area contributed by atoms with Crippen LogP contribution in [0.3, 0.4) is 0 Å². The molecule has 3 N–H and O–H groups in total. The lowest BCUT2D eigenvalue weighted by atomic mass is 10.1. The fourth-order valence-electron chi connectivity index (χ4n) is 2.31. The topological polar surface area (TPSA) is 62.4 Å². The average Bonchev–Trinajstić information content (AvgIpc) is 2.37. The number of nitrogens with zero attached hydrogens (tertiary/aromatic N) is 2. The van der Waals surface area contributed by atoms with Crippen LogP contribution in [0.25, 0.3) is 0 Å². The summed E-state index contributed by atoms with van der Waals surface area (Å²) in [5.41, 5.74) is 6.74. The Morgan fingerprint density at radius 1 is 1.56 bits per heavy atom. The van der Waals surface area contributed by atoms with E-state index in [2.05, 4.69) is 9.88 Å². The Hall–Kier alpha value is -1.04. The zero-order valence-corrected chi connectivity index (χ0v) is 10.4. The van der Waals surface area contributed by atoms with Crippen LogP contribution in [0.15, 0.2) is 18.3 Å². The summed E-state index contributed by atoms with van der Waals surface area (Å²) >= 11 is 0. The molecule has 1 aliphatic heterocycles. The van der Waals surface area contributed by atoms with Crippen LogP contribution >= 0.6 is 0 Å². The van der Waals surface area contributed by atoms with Crippen molar-refractivity contribution in [3.8, 4) is 0 Å². The Balaban J connectivity index is 1.80. The standard InChI is InChI=1S/C13H20FN3O/c14-10-3-4-13(16-8-10)12(15)5-7-17-6-1-2-11(18)9-17/h3-4,8,11-12,18H,1-2,5-7,9,15H2. The molecule has 2 atom stereocenters. The second-order valence-electron chi connectivity index (χ2n) is 4.89. The fourth-order valence-corrected chi connectivity index (χ4v) is 2.31. The first kappa shape index (κ1) is 13.4. The van der Waals surface area contributed by atoms with E-state index in [-0.39, 0.29) is 18.0 Å². The molecule has 5 heteroatoms. The van der Waals surface area contributed by atoms with Crippen molar-refractivity contribution in [2.75, 3.05) is 19.6 Å². The first-order chi connectivity index (χ1) is 8.65. The van der Waals surface area contributed by atoms with Crippen molar-refractivity contribution in [2.45, 2.75) is 31.4 Å². The Bertz CT molecular complexity index is 371. The van der Waals surface area contributed by atoms with Gasteiger partial charge in [0.25, 0.3) is 0 Å². The van der Waals surface area contributed by atoms with Gasteiger partial charge in [-0.2, -0.15) is 0 Å². The number of hydrogen-bond donors (Lipinski definition) is 2. The summed E-state index contributed by atoms with van der Waals surface area (Å²) < 4.78 is 12.7. The molecule has 1 saturated heterocycles. The highest BCUT2D eigenvalue weighted by atomic mass is 19.1. The summed E-state index contributed by atoms with van der Waals surface area (Å²) in [5.74, 6) is -0.342. The molecule has 0 radical (unpaired) electrons. The van der Waals surface area contributed by atoms with Crippen LogP contribution in [0, 0.1) is 5.82 Å². The number of nitrogens with two attached hydrogens (primary N) is 1. The number of hydrogen-bond acceptors (Lipinski definition) is 4. The summed E-state index contributed by atoms with van der Waals surface area (Å²) in [5, 5.41) is 9.57. The lowest BCUT2D eigenvalue weighted by Crippen LogP contribution is -2.39. The highest BCUT2D eigenvalue weighted by Crippen LogP contribution is 2.15. The van der Waals surface area contributed by atoms with Crippen LogP contribution in [-0.2, 0) is 0 Å². The second-order valence-corrected chi connectivity index (χ2v) is 4.89. The van der Waals surface area contributed by atoms with E-state index in [1.54, 1.807) is 6.07 Å². The largest absolute Gasteiger partial charge is 0.392 e. The number of aliphatic hydroxyl groups is 1. The Labute approximate surface area is 107 Å². The number of aromatic nitrogens is 1. The van der Waals surface area contributed by atoms with Crippen LogP contribution in [0.1, 0.15) is 31.0 Å². The van der Waals surface area contributed by atoms with E-state index in [0.29, 0.717) is 5.69 Å². The van der Waals surface area contributed by atoms with Gasteiger partial charge in [0.2, 0.25) is 0 Å². The lowest BCUT2D eigenvalue weighted by molar-refractivity contribution is 0.0691. The van der Waals surface area contributed by atoms with Crippen LogP contribution in [0.5, 0.6) is 0 Å². The normalized spacial score (nSPS) is 22.9. The van der Waals surface area contributed by atoms with Gasteiger partial charge in [0.15, 0.2) is 0 Å². The third-order valence-electron chi connectivity index (χ3n) is 3.37. The lowest BCUT2D eigenvalue weighted by Gasteiger charge is -2.30. The SMILES string of the molecule is NC(CCN1CCCC(O)C1)c1ccc(F)cn1. The maximum absolute atomic E-state index is 12.7. The van der Waals surface area contributed by atoms with Gasteiger partial charge in [-0.3, -0.25) is 4.98 Å². The zero-order valence-electron chi connectivity index (χ0n) is 10.4. The molecule has 2 heterocycles. The zero-order chi connectivity index (χ0) is 13.0. The van der Waals surface area contributed by atoms with E-state index < -0.39 is 0 Å². The van der Waals surface area contributed by atoms with E-state index in [1.807, 2.05) is 0 Å². The Morgan fingerprint density at radius 2 is 2.39 bits per heavy atom. The number of rotatable bonds is 4. The minimum absolute atomic E-state index is 0.176. The Kier molecular flexibility index (Phi) is 4.63. The van der Waals surface area contributed by atoms with Crippen molar-refractivity contribution in [2.24, 2.45) is 5.73 Å². The molecule has 1 aliphatic rings. The number of piperidine rings is 1. The van der Waals surface area contributed by atoms with Crippen molar-refractivity contribution < 1.29 is 9.50 Å². The molecule has 1 aromatic rings. The summed E-state index contributed by atoms with van der Waals surface area (Å²) in [7, 11) is 0. The molecule has 1 fully saturated rings. The predicted molar refractivity (Wildman–Crippen MR) is 67.4 cm³/mol. The van der Waals surface area contributed by atoms with E-state index in [1.165, 1.54) is 12.3 Å². The molecule has 0 saturated carbocycles. The highest BCUT2D eigenvalue weighted by molar-refractivity contribution is 5.09. The van der Waals surface area contributed by atoms with Crippen molar-refractivity contribution in [3.05, 3.63) is 29.8 Å². The molecule has 0 aromatic carbocycles. The molecular formula is C13H20FN3O. The first-order valence-corrected chi connectivity index (χ1v) is 6.42. The van der Waals surface area contributed by atoms with E-state index >= 15 is 0 Å². The minimum atomic E-state index is -0.342. The van der Waals surface area contributed by atoms with Gasteiger partial charge in [-0.05, 0) is 37.9 Å². The predicted octanol–water partition coefficient (Wildman–Crippen LogP) is 1.07. The van der Waals surface area contributed by atoms with E-state index in [4.69, 9.17) is 5.73 Å². The second kappa shape index (κ2) is 6.22. The molecule has 4 nitrogen and oxygen atoms in total. The summed E-state index contributed by atoms with van der Waals surface area (Å²) in [6.45, 7) is 2.58. The van der Waals surface area contributed by atoms with Gasteiger partial charge in [-0.25, -0.2) is 4.39 Å². The van der Waals surface area contributed by atoms with Gasteiger partial charge in [0.05, 0.1) is 18.0 Å². The van der Waals surface area contributed by atoms with Gasteiger partial charge in [-0.15, -0.1) is 0 Å². The molecule has 100 valence electrons. The van der Waals surface area contributed by atoms with Gasteiger partial charge >= 0.3 is 0 Å². The molecule has 2 unspecified atom stereocenters. The van der Waals surface area contributed by atoms with Crippen molar-refractivity contribution in [1.29, 1.82) is 0 Å². The van der Waals surface area contributed by atoms with Crippen LogP contribution in [0.4, 0.5) is 4.39 Å². The third-order valence-corrected chi connectivity index (χ3v) is 3.37. The first-order valence-electron chi connectivity index (χ1n) is 6.42. The van der Waals surface area contributed by atoms with Crippen molar-refractivity contribution in [3.63, 3.8) is 0 Å². The molecular weight excluding hydrogens is 233 g/mol. The smallest absolute Gasteiger partial charge is 0.141 e. The number of pyridine rings is 1. The van der Waals surface area contributed by atoms with Crippen molar-refractivity contribution in [1.82, 2.24) is 9.88 Å². The van der Waals surface area contributed by atoms with E-state index in [9.17, 15) is 9.50 Å². The average molecular weight is 253 g/mol. The number of likely N-dealkylation sites (tertiary alicyclic amines) is 1. The maximum Gasteiger partial charge on any atom is 0.141 e. The molecule has 0 aliphatic carbocycles. The molecule has 0 spiro atoms. The minimum Gasteiger partial charge on any atom is -0.392 e. The van der Waals surface area contributed by atoms with Crippen LogP contribution in [-0.4, -0.2) is 40.7 Å². The summed E-state index contributed by atoms with van der Waals surface area (Å²) in [6.07, 6.45) is 3.68. The van der Waals surface area contributed by atoms with Crippen LogP contribution < -0.4 is 5.73 Å². The fraction of sp³-hybridized carbons (Fsp3) is 0.615. The molecule has 0 amide bonds. The molecule has 1 aromatic heterocycles. The van der Waals surface area contributed by atoms with Crippen molar-refractivity contribution >= 4 is 0 Å². The Morgan fingerprint density at radius 3 is 3.06 bits per heavy atom. The molecule has 18 heavy (non-hydrogen) atoms. The number of β-amino-alcohol motifs (C(OH)–C–C–N with tert-alkyl or cyclic N) is 1. The molecule has 0 bridgehead atoms. The van der Waals surface area contributed by atoms with Crippen LogP contribution in [0.2, 0.25) is 0 Å².